The van der Waals surface area contributed by atoms with Crippen LogP contribution in [0.3, 0.4) is 0 Å². The molecule has 18 heavy (non-hydrogen) atoms. The van der Waals surface area contributed by atoms with Crippen LogP contribution in [0.4, 0.5) is 5.69 Å². The lowest BCUT2D eigenvalue weighted by Gasteiger charge is -2.26. The van der Waals surface area contributed by atoms with Crippen LogP contribution in [0, 0.1) is 0 Å². The highest BCUT2D eigenvalue weighted by atomic mass is 16.5. The Labute approximate surface area is 109 Å². The zero-order valence-electron chi connectivity index (χ0n) is 10.8. The van der Waals surface area contributed by atoms with Gasteiger partial charge < -0.3 is 15.2 Å². The van der Waals surface area contributed by atoms with E-state index in [0.717, 1.165) is 58.2 Å². The second-order valence-electron chi connectivity index (χ2n) is 4.52. The van der Waals surface area contributed by atoms with E-state index in [-0.39, 0.29) is 0 Å². The van der Waals surface area contributed by atoms with E-state index < -0.39 is 0 Å². The predicted octanol–water partition coefficient (Wildman–Crippen LogP) is 1.16. The third-order valence-corrected chi connectivity index (χ3v) is 3.23. The molecule has 0 unspecified atom stereocenters. The van der Waals surface area contributed by atoms with E-state index in [4.69, 9.17) is 15.2 Å². The summed E-state index contributed by atoms with van der Waals surface area (Å²) in [5.74, 6) is 0. The molecule has 0 bridgehead atoms. The van der Waals surface area contributed by atoms with Crippen LogP contribution >= 0.6 is 0 Å². The van der Waals surface area contributed by atoms with Gasteiger partial charge in [-0.15, -0.1) is 0 Å². The highest BCUT2D eigenvalue weighted by molar-refractivity contribution is 5.46. The smallest absolute Gasteiger partial charge is 0.0594 e. The van der Waals surface area contributed by atoms with E-state index in [1.807, 2.05) is 18.2 Å². The number of anilines is 1. The first-order valence-electron chi connectivity index (χ1n) is 6.57. The van der Waals surface area contributed by atoms with Gasteiger partial charge in [0.2, 0.25) is 0 Å². The summed E-state index contributed by atoms with van der Waals surface area (Å²) in [4.78, 5) is 2.38. The van der Waals surface area contributed by atoms with E-state index in [2.05, 4.69) is 11.0 Å². The van der Waals surface area contributed by atoms with Gasteiger partial charge in [0.15, 0.2) is 0 Å². The standard InChI is InChI=1S/C14H22N2O2/c15-14-4-2-1-3-13(14)5-9-17-10-6-16-7-11-18-12-8-16/h1-4H,5-12,15H2. The number of benzene rings is 1. The number of hydrogen-bond acceptors (Lipinski definition) is 4. The zero-order chi connectivity index (χ0) is 12.6. The Bertz CT molecular complexity index is 351. The van der Waals surface area contributed by atoms with Crippen LogP contribution in [0.5, 0.6) is 0 Å². The first-order valence-corrected chi connectivity index (χ1v) is 6.57. The molecule has 4 nitrogen and oxygen atoms in total. The lowest BCUT2D eigenvalue weighted by molar-refractivity contribution is 0.0208. The molecule has 0 amide bonds. The minimum absolute atomic E-state index is 0.735. The Hall–Kier alpha value is -1.10. The van der Waals surface area contributed by atoms with Gasteiger partial charge in [-0.3, -0.25) is 4.90 Å². The van der Waals surface area contributed by atoms with Crippen LogP contribution in [-0.4, -0.2) is 51.0 Å². The lowest BCUT2D eigenvalue weighted by atomic mass is 10.1. The van der Waals surface area contributed by atoms with Crippen molar-refractivity contribution in [3.8, 4) is 0 Å². The van der Waals surface area contributed by atoms with E-state index in [9.17, 15) is 0 Å². The van der Waals surface area contributed by atoms with Crippen molar-refractivity contribution in [2.24, 2.45) is 0 Å². The summed E-state index contributed by atoms with van der Waals surface area (Å²) in [6.07, 6.45) is 0.885. The summed E-state index contributed by atoms with van der Waals surface area (Å²) in [6.45, 7) is 6.25. The molecule has 0 aromatic heterocycles. The highest BCUT2D eigenvalue weighted by Crippen LogP contribution is 2.10. The Balaban J connectivity index is 1.57. The van der Waals surface area contributed by atoms with Crippen LogP contribution in [0.15, 0.2) is 24.3 Å². The molecule has 0 aliphatic carbocycles. The van der Waals surface area contributed by atoms with Gasteiger partial charge >= 0.3 is 0 Å². The molecular formula is C14H22N2O2. The van der Waals surface area contributed by atoms with Crippen molar-refractivity contribution in [3.63, 3.8) is 0 Å². The SMILES string of the molecule is Nc1ccccc1CCOCCN1CCOCC1. The van der Waals surface area contributed by atoms with Crippen molar-refractivity contribution in [2.75, 3.05) is 51.8 Å². The fraction of sp³-hybridized carbons (Fsp3) is 0.571. The Morgan fingerprint density at radius 1 is 1.17 bits per heavy atom. The van der Waals surface area contributed by atoms with Crippen LogP contribution < -0.4 is 5.73 Å². The average molecular weight is 250 g/mol. The summed E-state index contributed by atoms with van der Waals surface area (Å²) in [6, 6.07) is 7.96. The van der Waals surface area contributed by atoms with Gasteiger partial charge in [0.25, 0.3) is 0 Å². The fourth-order valence-electron chi connectivity index (χ4n) is 2.06. The summed E-state index contributed by atoms with van der Waals surface area (Å²) in [5, 5.41) is 0. The number of hydrogen-bond donors (Lipinski definition) is 1. The number of morpholine rings is 1. The summed E-state index contributed by atoms with van der Waals surface area (Å²) in [7, 11) is 0. The number of nitrogens with zero attached hydrogens (tertiary/aromatic N) is 1. The largest absolute Gasteiger partial charge is 0.399 e. The molecule has 1 aliphatic heterocycles. The summed E-state index contributed by atoms with van der Waals surface area (Å²) < 4.78 is 11.0. The third kappa shape index (κ3) is 4.29. The number of nitrogen functional groups attached to an aromatic ring is 1. The van der Waals surface area contributed by atoms with E-state index in [1.54, 1.807) is 0 Å². The molecule has 1 saturated heterocycles. The van der Waals surface area contributed by atoms with Crippen molar-refractivity contribution in [3.05, 3.63) is 29.8 Å². The molecule has 1 aliphatic rings. The monoisotopic (exact) mass is 250 g/mol. The Kier molecular flexibility index (Phi) is 5.45. The Morgan fingerprint density at radius 2 is 1.94 bits per heavy atom. The van der Waals surface area contributed by atoms with Gasteiger partial charge in [-0.1, -0.05) is 18.2 Å². The second-order valence-corrected chi connectivity index (χ2v) is 4.52. The van der Waals surface area contributed by atoms with Crippen molar-refractivity contribution in [1.29, 1.82) is 0 Å². The van der Waals surface area contributed by atoms with E-state index in [1.165, 1.54) is 5.56 Å². The molecule has 1 fully saturated rings. The quantitative estimate of drug-likeness (QED) is 0.608. The van der Waals surface area contributed by atoms with Gasteiger partial charge in [0.1, 0.15) is 0 Å². The van der Waals surface area contributed by atoms with Gasteiger partial charge in [-0.05, 0) is 18.1 Å². The van der Waals surface area contributed by atoms with Gasteiger partial charge in [0.05, 0.1) is 26.4 Å². The molecule has 1 heterocycles. The Morgan fingerprint density at radius 3 is 2.72 bits per heavy atom. The molecule has 2 rings (SSSR count). The molecule has 100 valence electrons. The highest BCUT2D eigenvalue weighted by Gasteiger charge is 2.09. The number of nitrogens with two attached hydrogens (primary N) is 1. The van der Waals surface area contributed by atoms with Gasteiger partial charge in [-0.2, -0.15) is 0 Å². The maximum Gasteiger partial charge on any atom is 0.0594 e. The molecule has 1 aromatic carbocycles. The molecule has 0 atom stereocenters. The molecule has 0 spiro atoms. The molecule has 2 N–H and O–H groups in total. The zero-order valence-corrected chi connectivity index (χ0v) is 10.8. The number of ether oxygens (including phenoxy) is 2. The minimum atomic E-state index is 0.735. The molecule has 0 radical (unpaired) electrons. The predicted molar refractivity (Wildman–Crippen MR) is 72.6 cm³/mol. The van der Waals surface area contributed by atoms with Crippen LogP contribution in [0.25, 0.3) is 0 Å². The van der Waals surface area contributed by atoms with Gasteiger partial charge in [-0.25, -0.2) is 0 Å². The van der Waals surface area contributed by atoms with E-state index >= 15 is 0 Å². The number of para-hydroxylation sites is 1. The molecule has 4 heteroatoms. The topological polar surface area (TPSA) is 47.7 Å². The van der Waals surface area contributed by atoms with Crippen molar-refractivity contribution >= 4 is 5.69 Å². The third-order valence-electron chi connectivity index (χ3n) is 3.23. The maximum atomic E-state index is 5.87. The summed E-state index contributed by atoms with van der Waals surface area (Å²) >= 11 is 0. The summed E-state index contributed by atoms with van der Waals surface area (Å²) in [5.41, 5.74) is 7.90. The van der Waals surface area contributed by atoms with Crippen molar-refractivity contribution in [2.45, 2.75) is 6.42 Å². The van der Waals surface area contributed by atoms with Crippen LogP contribution in [0.2, 0.25) is 0 Å². The lowest BCUT2D eigenvalue weighted by Crippen LogP contribution is -2.38. The maximum absolute atomic E-state index is 5.87. The fourth-order valence-corrected chi connectivity index (χ4v) is 2.06. The number of rotatable bonds is 6. The van der Waals surface area contributed by atoms with Crippen molar-refractivity contribution in [1.82, 2.24) is 4.90 Å². The average Bonchev–Trinajstić information content (AvgIpc) is 2.42. The minimum Gasteiger partial charge on any atom is -0.399 e. The van der Waals surface area contributed by atoms with Crippen molar-refractivity contribution < 1.29 is 9.47 Å². The molecule has 0 saturated carbocycles. The first kappa shape index (κ1) is 13.3. The second kappa shape index (κ2) is 7.36. The molecular weight excluding hydrogens is 228 g/mol. The van der Waals surface area contributed by atoms with E-state index in [0.29, 0.717) is 0 Å². The molecule has 1 aromatic rings. The normalized spacial score (nSPS) is 16.9. The van der Waals surface area contributed by atoms with Crippen LogP contribution in [-0.2, 0) is 15.9 Å². The van der Waals surface area contributed by atoms with Crippen LogP contribution in [0.1, 0.15) is 5.56 Å². The first-order chi connectivity index (χ1) is 8.86. The van der Waals surface area contributed by atoms with Gasteiger partial charge in [0, 0.05) is 25.3 Å².